The van der Waals surface area contributed by atoms with Gasteiger partial charge in [0.25, 0.3) is 0 Å². The van der Waals surface area contributed by atoms with Gasteiger partial charge in [0.15, 0.2) is 0 Å². The molecule has 2 aliphatic rings. The molecule has 0 bridgehead atoms. The van der Waals surface area contributed by atoms with Gasteiger partial charge in [-0.2, -0.15) is 0 Å². The summed E-state index contributed by atoms with van der Waals surface area (Å²) in [5.41, 5.74) is 0. The van der Waals surface area contributed by atoms with Crippen LogP contribution in [0, 0.1) is 11.8 Å². The number of amides is 2. The van der Waals surface area contributed by atoms with Gasteiger partial charge in [-0.05, 0) is 12.8 Å². The molecule has 0 aliphatic carbocycles. The summed E-state index contributed by atoms with van der Waals surface area (Å²) in [4.78, 5) is 28.1. The zero-order valence-corrected chi connectivity index (χ0v) is 12.0. The molecule has 0 aromatic heterocycles. The Hall–Kier alpha value is -1.10. The first-order valence-corrected chi connectivity index (χ1v) is 7.38. The summed E-state index contributed by atoms with van der Waals surface area (Å²) in [6, 6.07) is 0. The van der Waals surface area contributed by atoms with Crippen LogP contribution in [0.5, 0.6) is 0 Å². The molecule has 2 fully saturated rings. The van der Waals surface area contributed by atoms with Crippen LogP contribution < -0.4 is 5.32 Å². The second kappa shape index (κ2) is 6.37. The maximum Gasteiger partial charge on any atom is 0.225 e. The fraction of sp³-hybridized carbons (Fsp3) is 0.857. The fourth-order valence-corrected chi connectivity index (χ4v) is 2.86. The lowest BCUT2D eigenvalue weighted by molar-refractivity contribution is -0.142. The molecule has 2 saturated heterocycles. The summed E-state index contributed by atoms with van der Waals surface area (Å²) in [6.07, 6.45) is 1.64. The quantitative estimate of drug-likeness (QED) is 0.783. The molecule has 2 heterocycles. The monoisotopic (exact) mass is 267 g/mol. The first-order valence-electron chi connectivity index (χ1n) is 7.38. The van der Waals surface area contributed by atoms with Gasteiger partial charge >= 0.3 is 0 Å². The Morgan fingerprint density at radius 1 is 1.00 bits per heavy atom. The van der Waals surface area contributed by atoms with Crippen LogP contribution in [0.2, 0.25) is 0 Å². The van der Waals surface area contributed by atoms with Crippen molar-refractivity contribution in [2.45, 2.75) is 26.7 Å². The number of nitrogens with one attached hydrogen (secondary N) is 1. The minimum Gasteiger partial charge on any atom is -0.342 e. The average Bonchev–Trinajstić information content (AvgIpc) is 2.46. The molecule has 0 aromatic rings. The van der Waals surface area contributed by atoms with Crippen LogP contribution in [0.4, 0.5) is 0 Å². The van der Waals surface area contributed by atoms with E-state index in [9.17, 15) is 9.59 Å². The number of carbonyl (C=O) groups is 2. The highest BCUT2D eigenvalue weighted by Crippen LogP contribution is 2.21. The van der Waals surface area contributed by atoms with Gasteiger partial charge in [0.2, 0.25) is 11.8 Å². The molecule has 0 unspecified atom stereocenters. The standard InChI is InChI=1S/C14H25N3O2/c1-11(2)13(18)16-7-3-12(4-8-16)14(19)17-9-5-15-6-10-17/h11-12,15H,3-10H2,1-2H3. The third-order valence-corrected chi connectivity index (χ3v) is 4.08. The highest BCUT2D eigenvalue weighted by atomic mass is 16.2. The van der Waals surface area contributed by atoms with Gasteiger partial charge in [0.05, 0.1) is 0 Å². The van der Waals surface area contributed by atoms with Gasteiger partial charge in [0, 0.05) is 51.1 Å². The van der Waals surface area contributed by atoms with Crippen molar-refractivity contribution in [1.29, 1.82) is 0 Å². The number of likely N-dealkylation sites (tertiary alicyclic amines) is 1. The Bertz CT molecular complexity index is 330. The summed E-state index contributed by atoms with van der Waals surface area (Å²) in [6.45, 7) is 8.78. The third kappa shape index (κ3) is 3.47. The Morgan fingerprint density at radius 3 is 2.11 bits per heavy atom. The van der Waals surface area contributed by atoms with Crippen LogP contribution >= 0.6 is 0 Å². The molecule has 108 valence electrons. The van der Waals surface area contributed by atoms with Gasteiger partial charge in [-0.1, -0.05) is 13.8 Å². The zero-order valence-electron chi connectivity index (χ0n) is 12.0. The molecule has 2 rings (SSSR count). The molecular weight excluding hydrogens is 242 g/mol. The molecule has 0 saturated carbocycles. The predicted octanol–water partition coefficient (Wildman–Crippen LogP) is 0.313. The Balaban J connectivity index is 1.82. The van der Waals surface area contributed by atoms with Crippen LogP contribution in [0.1, 0.15) is 26.7 Å². The van der Waals surface area contributed by atoms with Crippen LogP contribution in [-0.4, -0.2) is 60.9 Å². The van der Waals surface area contributed by atoms with Crippen molar-refractivity contribution >= 4 is 11.8 Å². The van der Waals surface area contributed by atoms with Crippen molar-refractivity contribution < 1.29 is 9.59 Å². The molecular formula is C14H25N3O2. The van der Waals surface area contributed by atoms with Gasteiger partial charge < -0.3 is 15.1 Å². The Kier molecular flexibility index (Phi) is 4.80. The van der Waals surface area contributed by atoms with E-state index in [1.807, 2.05) is 23.6 Å². The van der Waals surface area contributed by atoms with E-state index in [-0.39, 0.29) is 23.7 Å². The number of rotatable bonds is 2. The number of piperidine rings is 1. The summed E-state index contributed by atoms with van der Waals surface area (Å²) < 4.78 is 0. The van der Waals surface area contributed by atoms with Crippen LogP contribution in [0.15, 0.2) is 0 Å². The van der Waals surface area contributed by atoms with E-state index in [2.05, 4.69) is 5.32 Å². The molecule has 5 heteroatoms. The van der Waals surface area contributed by atoms with E-state index in [0.29, 0.717) is 0 Å². The van der Waals surface area contributed by atoms with Crippen molar-refractivity contribution in [3.63, 3.8) is 0 Å². The SMILES string of the molecule is CC(C)C(=O)N1CCC(C(=O)N2CCNCC2)CC1. The highest BCUT2D eigenvalue weighted by molar-refractivity contribution is 5.81. The molecule has 19 heavy (non-hydrogen) atoms. The summed E-state index contributed by atoms with van der Waals surface area (Å²) in [5.74, 6) is 0.681. The summed E-state index contributed by atoms with van der Waals surface area (Å²) in [5, 5.41) is 3.26. The van der Waals surface area contributed by atoms with Crippen molar-refractivity contribution in [3.05, 3.63) is 0 Å². The zero-order chi connectivity index (χ0) is 13.8. The topological polar surface area (TPSA) is 52.7 Å². The Morgan fingerprint density at radius 2 is 1.58 bits per heavy atom. The second-order valence-electron chi connectivity index (χ2n) is 5.83. The van der Waals surface area contributed by atoms with Gasteiger partial charge in [-0.3, -0.25) is 9.59 Å². The average molecular weight is 267 g/mol. The lowest BCUT2D eigenvalue weighted by Gasteiger charge is -2.36. The van der Waals surface area contributed by atoms with E-state index in [0.717, 1.165) is 52.1 Å². The lowest BCUT2D eigenvalue weighted by Crippen LogP contribution is -2.50. The van der Waals surface area contributed by atoms with Gasteiger partial charge in [-0.15, -0.1) is 0 Å². The van der Waals surface area contributed by atoms with Crippen LogP contribution in [0.3, 0.4) is 0 Å². The second-order valence-corrected chi connectivity index (χ2v) is 5.83. The molecule has 5 nitrogen and oxygen atoms in total. The molecule has 0 spiro atoms. The number of nitrogens with zero attached hydrogens (tertiary/aromatic N) is 2. The molecule has 0 aromatic carbocycles. The van der Waals surface area contributed by atoms with Crippen LogP contribution in [0.25, 0.3) is 0 Å². The Labute approximate surface area is 115 Å². The van der Waals surface area contributed by atoms with Gasteiger partial charge in [-0.25, -0.2) is 0 Å². The first kappa shape index (κ1) is 14.3. The molecule has 1 N–H and O–H groups in total. The van der Waals surface area contributed by atoms with E-state index in [1.165, 1.54) is 0 Å². The summed E-state index contributed by atoms with van der Waals surface area (Å²) in [7, 11) is 0. The van der Waals surface area contributed by atoms with E-state index in [4.69, 9.17) is 0 Å². The number of hydrogen-bond donors (Lipinski definition) is 1. The minimum absolute atomic E-state index is 0.0559. The van der Waals surface area contributed by atoms with Crippen LogP contribution in [-0.2, 0) is 9.59 Å². The number of carbonyl (C=O) groups excluding carboxylic acids is 2. The fourth-order valence-electron chi connectivity index (χ4n) is 2.86. The minimum atomic E-state index is 0.0559. The van der Waals surface area contributed by atoms with Crippen molar-refractivity contribution in [2.75, 3.05) is 39.3 Å². The van der Waals surface area contributed by atoms with E-state index < -0.39 is 0 Å². The van der Waals surface area contributed by atoms with Gasteiger partial charge in [0.1, 0.15) is 0 Å². The molecule has 0 radical (unpaired) electrons. The summed E-state index contributed by atoms with van der Waals surface area (Å²) >= 11 is 0. The molecule has 2 amide bonds. The maximum absolute atomic E-state index is 12.4. The predicted molar refractivity (Wildman–Crippen MR) is 73.6 cm³/mol. The first-order chi connectivity index (χ1) is 9.09. The lowest BCUT2D eigenvalue weighted by atomic mass is 9.94. The smallest absolute Gasteiger partial charge is 0.225 e. The van der Waals surface area contributed by atoms with E-state index in [1.54, 1.807) is 0 Å². The molecule has 2 aliphatic heterocycles. The number of piperazine rings is 1. The van der Waals surface area contributed by atoms with Crippen molar-refractivity contribution in [1.82, 2.24) is 15.1 Å². The maximum atomic E-state index is 12.4. The van der Waals surface area contributed by atoms with E-state index >= 15 is 0 Å². The largest absolute Gasteiger partial charge is 0.342 e. The van der Waals surface area contributed by atoms with Crippen molar-refractivity contribution in [3.8, 4) is 0 Å². The normalized spacial score (nSPS) is 21.8. The molecule has 0 atom stereocenters. The number of hydrogen-bond acceptors (Lipinski definition) is 3. The highest BCUT2D eigenvalue weighted by Gasteiger charge is 2.31. The van der Waals surface area contributed by atoms with Crippen molar-refractivity contribution in [2.24, 2.45) is 11.8 Å². The third-order valence-electron chi connectivity index (χ3n) is 4.08.